The Hall–Kier alpha value is -4.44. The molecule has 0 radical (unpaired) electrons. The molecule has 2 atom stereocenters. The van der Waals surface area contributed by atoms with Crippen molar-refractivity contribution in [1.82, 2.24) is 14.8 Å². The predicted molar refractivity (Wildman–Crippen MR) is 148 cm³/mol. The van der Waals surface area contributed by atoms with Crippen molar-refractivity contribution in [3.8, 4) is 5.75 Å². The van der Waals surface area contributed by atoms with E-state index in [2.05, 4.69) is 5.32 Å². The van der Waals surface area contributed by atoms with Crippen molar-refractivity contribution in [3.05, 3.63) is 100 Å². The van der Waals surface area contributed by atoms with E-state index in [1.165, 1.54) is 22.9 Å². The first-order chi connectivity index (χ1) is 19.7. The molecule has 5 rings (SSSR count). The lowest BCUT2D eigenvalue weighted by Gasteiger charge is -2.24. The number of hydrogen-bond acceptors (Lipinski definition) is 4. The zero-order valence-electron chi connectivity index (χ0n) is 21.7. The molecule has 2 amide bonds. The van der Waals surface area contributed by atoms with Gasteiger partial charge in [0.2, 0.25) is 11.8 Å². The number of carboxylic acid groups (broad SMARTS) is 1. The number of fused-ring (bicyclic) bond motifs is 1. The van der Waals surface area contributed by atoms with Crippen LogP contribution in [0, 0.1) is 5.82 Å². The van der Waals surface area contributed by atoms with Crippen LogP contribution in [0.15, 0.2) is 72.9 Å². The molecule has 2 heterocycles. The number of alkyl halides is 1. The van der Waals surface area contributed by atoms with Gasteiger partial charge in [0.05, 0.1) is 17.1 Å². The van der Waals surface area contributed by atoms with Crippen LogP contribution in [0.25, 0.3) is 10.9 Å². The summed E-state index contributed by atoms with van der Waals surface area (Å²) in [6, 6.07) is 17.7. The van der Waals surface area contributed by atoms with E-state index in [0.717, 1.165) is 10.5 Å². The molecule has 1 fully saturated rings. The average molecular weight is 582 g/mol. The number of aromatic carboxylic acids is 1. The van der Waals surface area contributed by atoms with Crippen molar-refractivity contribution in [1.29, 1.82) is 0 Å². The minimum atomic E-state index is -1.42. The summed E-state index contributed by atoms with van der Waals surface area (Å²) < 4.78 is 35.9. The van der Waals surface area contributed by atoms with Gasteiger partial charge in [0.15, 0.2) is 0 Å². The predicted octanol–water partition coefficient (Wildman–Crippen LogP) is 4.97. The number of carboxylic acids is 1. The molecular weight excluding hydrogens is 556 g/mol. The standard InChI is InChI=1S/C30H26ClF2N3O5/c31-24-8-4-7-19(28(24)33)13-34-29(38)26-11-20(32)14-36(26)27(37)16-35-15-23(30(39)40)22-12-21(9-10-25(22)35)41-17-18-5-2-1-3-6-18/h1-10,12,15,20,26H,11,13-14,16-17H2,(H,34,38)(H,39,40)/t20-,26+/m1/s1. The molecule has 8 nitrogen and oxygen atoms in total. The molecule has 0 bridgehead atoms. The highest BCUT2D eigenvalue weighted by Crippen LogP contribution is 2.28. The van der Waals surface area contributed by atoms with E-state index < -0.39 is 35.8 Å². The van der Waals surface area contributed by atoms with Gasteiger partial charge in [-0.3, -0.25) is 9.59 Å². The second kappa shape index (κ2) is 12.0. The molecule has 0 unspecified atom stereocenters. The number of likely N-dealkylation sites (tertiary alicyclic amines) is 1. The van der Waals surface area contributed by atoms with E-state index in [1.54, 1.807) is 24.3 Å². The fourth-order valence-electron chi connectivity index (χ4n) is 4.94. The van der Waals surface area contributed by atoms with Gasteiger partial charge in [-0.2, -0.15) is 0 Å². The third kappa shape index (κ3) is 6.17. The summed E-state index contributed by atoms with van der Waals surface area (Å²) in [5.41, 5.74) is 1.55. The van der Waals surface area contributed by atoms with Crippen molar-refractivity contribution in [2.45, 2.75) is 38.3 Å². The number of nitrogens with one attached hydrogen (secondary N) is 1. The molecule has 1 aliphatic rings. The SMILES string of the molecule is O=C(O)c1cn(CC(=O)N2C[C@H](F)C[C@H]2C(=O)NCc2cccc(Cl)c2F)c2ccc(OCc3ccccc3)cc12. The van der Waals surface area contributed by atoms with Gasteiger partial charge in [-0.1, -0.05) is 54.1 Å². The van der Waals surface area contributed by atoms with Gasteiger partial charge in [0, 0.05) is 35.6 Å². The monoisotopic (exact) mass is 581 g/mol. The second-order valence-electron chi connectivity index (χ2n) is 9.75. The van der Waals surface area contributed by atoms with Gasteiger partial charge in [-0.25, -0.2) is 13.6 Å². The highest BCUT2D eigenvalue weighted by atomic mass is 35.5. The second-order valence-corrected chi connectivity index (χ2v) is 10.2. The van der Waals surface area contributed by atoms with Crippen molar-refractivity contribution in [2.75, 3.05) is 6.54 Å². The molecule has 1 saturated heterocycles. The first-order valence-electron chi connectivity index (χ1n) is 12.9. The Morgan fingerprint density at radius 2 is 1.85 bits per heavy atom. The lowest BCUT2D eigenvalue weighted by atomic mass is 10.1. The maximum atomic E-state index is 14.4. The molecule has 2 N–H and O–H groups in total. The van der Waals surface area contributed by atoms with E-state index in [0.29, 0.717) is 23.3 Å². The molecule has 212 valence electrons. The number of benzene rings is 3. The molecule has 0 saturated carbocycles. The Labute approximate surface area is 239 Å². The summed E-state index contributed by atoms with van der Waals surface area (Å²) in [6.07, 6.45) is -0.283. The fraction of sp³-hybridized carbons (Fsp3) is 0.233. The lowest BCUT2D eigenvalue weighted by Crippen LogP contribution is -2.46. The normalized spacial score (nSPS) is 16.6. The summed E-state index contributed by atoms with van der Waals surface area (Å²) in [7, 11) is 0. The molecule has 3 aromatic carbocycles. The van der Waals surface area contributed by atoms with Crippen LogP contribution < -0.4 is 10.1 Å². The minimum Gasteiger partial charge on any atom is -0.489 e. The number of rotatable bonds is 9. The Morgan fingerprint density at radius 1 is 1.07 bits per heavy atom. The molecule has 1 aromatic heterocycles. The number of carbonyl (C=O) groups excluding carboxylic acids is 2. The first-order valence-corrected chi connectivity index (χ1v) is 13.3. The molecule has 0 aliphatic carbocycles. The maximum absolute atomic E-state index is 14.4. The number of halogens is 3. The topological polar surface area (TPSA) is 101 Å². The Kier molecular flexibility index (Phi) is 8.21. The zero-order valence-corrected chi connectivity index (χ0v) is 22.5. The van der Waals surface area contributed by atoms with Crippen LogP contribution in [-0.4, -0.2) is 51.1 Å². The molecule has 0 spiro atoms. The number of carbonyl (C=O) groups is 3. The van der Waals surface area contributed by atoms with Crippen LogP contribution in [0.2, 0.25) is 5.02 Å². The number of hydrogen-bond donors (Lipinski definition) is 2. The van der Waals surface area contributed by atoms with Crippen molar-refractivity contribution in [3.63, 3.8) is 0 Å². The van der Waals surface area contributed by atoms with Crippen molar-refractivity contribution >= 4 is 40.3 Å². The smallest absolute Gasteiger partial charge is 0.337 e. The third-order valence-electron chi connectivity index (χ3n) is 6.99. The van der Waals surface area contributed by atoms with Crippen molar-refractivity contribution < 1.29 is 33.0 Å². The molecular formula is C30H26ClF2N3O5. The summed E-state index contributed by atoms with van der Waals surface area (Å²) >= 11 is 5.79. The van der Waals surface area contributed by atoms with Gasteiger partial charge in [-0.05, 0) is 29.8 Å². The van der Waals surface area contributed by atoms with Crippen LogP contribution in [0.4, 0.5) is 8.78 Å². The quantitative estimate of drug-likeness (QED) is 0.291. The van der Waals surface area contributed by atoms with Gasteiger partial charge < -0.3 is 24.6 Å². The Morgan fingerprint density at radius 3 is 2.61 bits per heavy atom. The highest BCUT2D eigenvalue weighted by Gasteiger charge is 2.39. The number of nitrogens with zero attached hydrogens (tertiary/aromatic N) is 2. The molecule has 1 aliphatic heterocycles. The van der Waals surface area contributed by atoms with Gasteiger partial charge in [-0.15, -0.1) is 0 Å². The van der Waals surface area contributed by atoms with E-state index in [4.69, 9.17) is 16.3 Å². The van der Waals surface area contributed by atoms with Crippen LogP contribution in [0.1, 0.15) is 27.9 Å². The fourth-order valence-corrected chi connectivity index (χ4v) is 5.13. The van der Waals surface area contributed by atoms with Gasteiger partial charge in [0.1, 0.15) is 36.9 Å². The zero-order chi connectivity index (χ0) is 29.1. The van der Waals surface area contributed by atoms with Gasteiger partial charge in [0.25, 0.3) is 0 Å². The Balaban J connectivity index is 1.31. The van der Waals surface area contributed by atoms with Crippen LogP contribution >= 0.6 is 11.6 Å². The lowest BCUT2D eigenvalue weighted by molar-refractivity contribution is -0.139. The molecule has 11 heteroatoms. The van der Waals surface area contributed by atoms with Gasteiger partial charge >= 0.3 is 5.97 Å². The van der Waals surface area contributed by atoms with Crippen molar-refractivity contribution in [2.24, 2.45) is 0 Å². The van der Waals surface area contributed by atoms with Crippen LogP contribution in [-0.2, 0) is 29.3 Å². The van der Waals surface area contributed by atoms with E-state index in [9.17, 15) is 28.3 Å². The van der Waals surface area contributed by atoms with E-state index in [-0.39, 0.29) is 42.2 Å². The summed E-state index contributed by atoms with van der Waals surface area (Å²) in [5.74, 6) is -2.57. The van der Waals surface area contributed by atoms with E-state index in [1.807, 2.05) is 30.3 Å². The minimum absolute atomic E-state index is 0.0272. The first kappa shape index (κ1) is 28.1. The van der Waals surface area contributed by atoms with Crippen LogP contribution in [0.3, 0.4) is 0 Å². The molecule has 4 aromatic rings. The number of aromatic nitrogens is 1. The van der Waals surface area contributed by atoms with Crippen LogP contribution in [0.5, 0.6) is 5.75 Å². The number of ether oxygens (including phenoxy) is 1. The maximum Gasteiger partial charge on any atom is 0.337 e. The number of amides is 2. The summed E-state index contributed by atoms with van der Waals surface area (Å²) in [5, 5.41) is 12.6. The summed E-state index contributed by atoms with van der Waals surface area (Å²) in [4.78, 5) is 39.3. The average Bonchev–Trinajstić information content (AvgIpc) is 3.53. The molecule has 41 heavy (non-hydrogen) atoms. The van der Waals surface area contributed by atoms with E-state index >= 15 is 0 Å². The summed E-state index contributed by atoms with van der Waals surface area (Å²) in [6.45, 7) is -0.487. The highest BCUT2D eigenvalue weighted by molar-refractivity contribution is 6.30. The largest absolute Gasteiger partial charge is 0.489 e. The third-order valence-corrected chi connectivity index (χ3v) is 7.29. The Bertz CT molecular complexity index is 1610.